The van der Waals surface area contributed by atoms with Crippen LogP contribution in [0.3, 0.4) is 0 Å². The number of nitrogens with one attached hydrogen (secondary N) is 2. The molecule has 1 unspecified atom stereocenters. The number of thiophene rings is 1. The molecule has 0 aliphatic rings. The van der Waals surface area contributed by atoms with Crippen LogP contribution in [0.4, 0.5) is 0 Å². The van der Waals surface area contributed by atoms with Gasteiger partial charge in [-0.1, -0.05) is 43.7 Å². The number of benzene rings is 1. The van der Waals surface area contributed by atoms with Gasteiger partial charge in [0.2, 0.25) is 0 Å². The molecule has 1 atom stereocenters. The molecule has 0 fully saturated rings. The number of unbranched alkanes of at least 4 members (excludes halogenated alkanes) is 1. The second-order valence-electron chi connectivity index (χ2n) is 5.74. The number of carbonyl (C=O) groups excluding carboxylic acids is 1. The number of nitrogens with zero attached hydrogens (tertiary/aromatic N) is 1. The molecule has 2 N–H and O–H groups in total. The smallest absolute Gasteiger partial charge is 0.270 e. The van der Waals surface area contributed by atoms with E-state index in [1.807, 2.05) is 17.5 Å². The number of hydrogen-bond acceptors (Lipinski definition) is 3. The first-order valence-corrected chi connectivity index (χ1v) is 9.08. The maximum atomic E-state index is 12.4. The zero-order valence-corrected chi connectivity index (χ0v) is 14.5. The average Bonchev–Trinajstić information content (AvgIpc) is 3.32. The Morgan fingerprint density at radius 2 is 2.08 bits per heavy atom. The highest BCUT2D eigenvalue weighted by atomic mass is 32.1. The van der Waals surface area contributed by atoms with E-state index in [4.69, 9.17) is 0 Å². The van der Waals surface area contributed by atoms with Crippen LogP contribution in [-0.4, -0.2) is 16.1 Å². The molecule has 5 heteroatoms. The maximum Gasteiger partial charge on any atom is 0.270 e. The number of aromatic nitrogens is 2. The van der Waals surface area contributed by atoms with Gasteiger partial charge in [0.15, 0.2) is 0 Å². The molecule has 0 aliphatic carbocycles. The van der Waals surface area contributed by atoms with E-state index in [0.717, 1.165) is 16.9 Å². The lowest BCUT2D eigenvalue weighted by Gasteiger charge is -2.18. The summed E-state index contributed by atoms with van der Waals surface area (Å²) in [6, 6.07) is 14.1. The van der Waals surface area contributed by atoms with Gasteiger partial charge in [-0.15, -0.1) is 11.3 Å². The monoisotopic (exact) mass is 339 g/mol. The van der Waals surface area contributed by atoms with Gasteiger partial charge in [0.05, 0.1) is 6.04 Å². The summed E-state index contributed by atoms with van der Waals surface area (Å²) in [7, 11) is 0. The van der Waals surface area contributed by atoms with E-state index in [2.05, 4.69) is 46.7 Å². The molecule has 3 rings (SSSR count). The van der Waals surface area contributed by atoms with Gasteiger partial charge in [0, 0.05) is 11.1 Å². The van der Waals surface area contributed by atoms with E-state index in [0.29, 0.717) is 5.69 Å². The van der Waals surface area contributed by atoms with E-state index in [9.17, 15) is 4.79 Å². The zero-order valence-electron chi connectivity index (χ0n) is 13.7. The molecule has 0 aliphatic heterocycles. The molecule has 1 amide bonds. The highest BCUT2D eigenvalue weighted by Crippen LogP contribution is 2.27. The molecular weight excluding hydrogens is 318 g/mol. The van der Waals surface area contributed by atoms with E-state index in [-0.39, 0.29) is 11.9 Å². The second kappa shape index (κ2) is 7.93. The first-order chi connectivity index (χ1) is 11.8. The first kappa shape index (κ1) is 16.5. The normalized spacial score (nSPS) is 12.0. The van der Waals surface area contributed by atoms with Gasteiger partial charge in [0.1, 0.15) is 5.69 Å². The van der Waals surface area contributed by atoms with Gasteiger partial charge in [-0.3, -0.25) is 9.89 Å². The van der Waals surface area contributed by atoms with Crippen LogP contribution in [-0.2, 0) is 6.42 Å². The average molecular weight is 339 g/mol. The number of H-pyrrole nitrogens is 1. The van der Waals surface area contributed by atoms with Gasteiger partial charge >= 0.3 is 0 Å². The van der Waals surface area contributed by atoms with Gasteiger partial charge in [-0.25, -0.2) is 0 Å². The highest BCUT2D eigenvalue weighted by Gasteiger charge is 2.19. The Kier molecular flexibility index (Phi) is 5.43. The van der Waals surface area contributed by atoms with Crippen molar-refractivity contribution < 1.29 is 4.79 Å². The predicted molar refractivity (Wildman–Crippen MR) is 97.3 cm³/mol. The van der Waals surface area contributed by atoms with Crippen molar-refractivity contribution in [3.8, 4) is 0 Å². The minimum absolute atomic E-state index is 0.152. The third-order valence-electron chi connectivity index (χ3n) is 3.98. The van der Waals surface area contributed by atoms with Crippen molar-refractivity contribution in [2.45, 2.75) is 32.2 Å². The molecule has 0 radical (unpaired) electrons. The lowest BCUT2D eigenvalue weighted by atomic mass is 10.0. The fourth-order valence-electron chi connectivity index (χ4n) is 2.62. The Bertz CT molecular complexity index is 749. The molecule has 0 bridgehead atoms. The van der Waals surface area contributed by atoms with Gasteiger partial charge in [-0.2, -0.15) is 5.10 Å². The predicted octanol–water partition coefficient (Wildman–Crippen LogP) is 4.33. The fourth-order valence-corrected chi connectivity index (χ4v) is 3.43. The van der Waals surface area contributed by atoms with Crippen LogP contribution >= 0.6 is 11.3 Å². The van der Waals surface area contributed by atoms with E-state index in [1.54, 1.807) is 23.6 Å². The molecule has 0 saturated heterocycles. The maximum absolute atomic E-state index is 12.4. The Labute approximate surface area is 145 Å². The van der Waals surface area contributed by atoms with Gasteiger partial charge < -0.3 is 5.32 Å². The van der Waals surface area contributed by atoms with Crippen LogP contribution in [0.25, 0.3) is 0 Å². The number of rotatable bonds is 7. The minimum atomic E-state index is -0.152. The van der Waals surface area contributed by atoms with Crippen LogP contribution in [0.1, 0.15) is 52.3 Å². The molecule has 0 spiro atoms. The third kappa shape index (κ3) is 3.92. The lowest BCUT2D eigenvalue weighted by Crippen LogP contribution is -2.29. The summed E-state index contributed by atoms with van der Waals surface area (Å²) in [5.74, 6) is -0.152. The Morgan fingerprint density at radius 1 is 1.25 bits per heavy atom. The quantitative estimate of drug-likeness (QED) is 0.673. The molecule has 2 heterocycles. The number of aromatic amines is 1. The summed E-state index contributed by atoms with van der Waals surface area (Å²) in [6.07, 6.45) is 5.07. The Hall–Kier alpha value is -2.40. The van der Waals surface area contributed by atoms with Gasteiger partial charge in [0.25, 0.3) is 5.91 Å². The molecule has 1 aromatic carbocycles. The minimum Gasteiger partial charge on any atom is -0.339 e. The molecule has 3 aromatic rings. The number of amides is 1. The summed E-state index contributed by atoms with van der Waals surface area (Å²) < 4.78 is 0. The zero-order chi connectivity index (χ0) is 16.8. The molecule has 24 heavy (non-hydrogen) atoms. The van der Waals surface area contributed by atoms with Crippen molar-refractivity contribution in [2.75, 3.05) is 0 Å². The van der Waals surface area contributed by atoms with Crippen molar-refractivity contribution in [1.82, 2.24) is 15.5 Å². The molecular formula is C19H21N3OS. The lowest BCUT2D eigenvalue weighted by molar-refractivity contribution is 0.0938. The van der Waals surface area contributed by atoms with Gasteiger partial charge in [-0.05, 0) is 41.5 Å². The number of hydrogen-bond donors (Lipinski definition) is 2. The third-order valence-corrected chi connectivity index (χ3v) is 4.92. The van der Waals surface area contributed by atoms with Crippen LogP contribution in [0.2, 0.25) is 0 Å². The first-order valence-electron chi connectivity index (χ1n) is 8.20. The van der Waals surface area contributed by atoms with E-state index < -0.39 is 0 Å². The van der Waals surface area contributed by atoms with Crippen molar-refractivity contribution in [1.29, 1.82) is 0 Å². The fraction of sp³-hybridized carbons (Fsp3) is 0.263. The van der Waals surface area contributed by atoms with E-state index >= 15 is 0 Å². The summed E-state index contributed by atoms with van der Waals surface area (Å²) in [4.78, 5) is 13.5. The Morgan fingerprint density at radius 3 is 2.71 bits per heavy atom. The van der Waals surface area contributed by atoms with Crippen molar-refractivity contribution in [3.05, 3.63) is 75.7 Å². The molecule has 0 saturated carbocycles. The largest absolute Gasteiger partial charge is 0.339 e. The summed E-state index contributed by atoms with van der Waals surface area (Å²) in [5.41, 5.74) is 2.90. The van der Waals surface area contributed by atoms with Crippen LogP contribution in [0.5, 0.6) is 0 Å². The topological polar surface area (TPSA) is 57.8 Å². The summed E-state index contributed by atoms with van der Waals surface area (Å²) in [5, 5.41) is 11.7. The SMILES string of the molecule is CCCCc1ccc(C(NC(=O)c2ccn[nH]2)c2cccs2)cc1. The summed E-state index contributed by atoms with van der Waals surface area (Å²) >= 11 is 1.64. The van der Waals surface area contributed by atoms with Crippen LogP contribution in [0, 0.1) is 0 Å². The number of carbonyl (C=O) groups is 1. The Balaban J connectivity index is 1.81. The summed E-state index contributed by atoms with van der Waals surface area (Å²) in [6.45, 7) is 2.20. The highest BCUT2D eigenvalue weighted by molar-refractivity contribution is 7.10. The number of aryl methyl sites for hydroxylation is 1. The van der Waals surface area contributed by atoms with E-state index in [1.165, 1.54) is 18.4 Å². The van der Waals surface area contributed by atoms with Crippen LogP contribution in [0.15, 0.2) is 54.0 Å². The molecule has 4 nitrogen and oxygen atoms in total. The second-order valence-corrected chi connectivity index (χ2v) is 6.72. The standard InChI is InChI=1S/C19H21N3OS/c1-2-3-5-14-7-9-15(10-8-14)18(17-6-4-13-24-17)21-19(23)16-11-12-20-22-16/h4,6-13,18H,2-3,5H2,1H3,(H,20,22)(H,21,23). The van der Waals surface area contributed by atoms with Crippen molar-refractivity contribution in [2.24, 2.45) is 0 Å². The van der Waals surface area contributed by atoms with Crippen LogP contribution < -0.4 is 5.32 Å². The van der Waals surface area contributed by atoms with Crippen molar-refractivity contribution in [3.63, 3.8) is 0 Å². The van der Waals surface area contributed by atoms with Crippen molar-refractivity contribution >= 4 is 17.2 Å². The molecule has 2 aromatic heterocycles. The molecule has 124 valence electrons.